The second-order valence-electron chi connectivity index (χ2n) is 8.17. The Bertz CT molecular complexity index is 1290. The molecule has 3 aromatic rings. The van der Waals surface area contributed by atoms with Crippen LogP contribution in [-0.4, -0.2) is 52.0 Å². The summed E-state index contributed by atoms with van der Waals surface area (Å²) in [5.41, 5.74) is 1.71. The zero-order valence-electron chi connectivity index (χ0n) is 19.1. The first kappa shape index (κ1) is 24.5. The van der Waals surface area contributed by atoms with Gasteiger partial charge in [-0.3, -0.25) is 9.52 Å². The van der Waals surface area contributed by atoms with Crippen LogP contribution in [0.5, 0.6) is 5.75 Å². The summed E-state index contributed by atoms with van der Waals surface area (Å²) in [6.45, 7) is 3.82. The maximum atomic E-state index is 13.1. The Morgan fingerprint density at radius 3 is 2.11 bits per heavy atom. The molecule has 7 nitrogen and oxygen atoms in total. The van der Waals surface area contributed by atoms with E-state index in [2.05, 4.69) is 9.62 Å². The number of piperazine rings is 1. The van der Waals surface area contributed by atoms with E-state index in [1.807, 2.05) is 0 Å². The molecule has 0 saturated carbocycles. The number of benzene rings is 3. The minimum atomic E-state index is -3.87. The van der Waals surface area contributed by atoms with Gasteiger partial charge < -0.3 is 14.5 Å². The highest BCUT2D eigenvalue weighted by molar-refractivity contribution is 7.92. The molecule has 1 fully saturated rings. The maximum absolute atomic E-state index is 13.1. The molecule has 3 aromatic carbocycles. The standard InChI is InChI=1S/C25H25F2N3O4S/c1-18-16-23(35(32,33)28-21-6-2-19(26)3-7-21)10-11-24(18)34-17-25(31)30-14-12-29(13-15-30)22-8-4-20(27)5-9-22/h2-11,16,28H,12-15,17H2,1H3. The molecule has 184 valence electrons. The predicted molar refractivity (Wildman–Crippen MR) is 129 cm³/mol. The number of rotatable bonds is 7. The van der Waals surface area contributed by atoms with E-state index >= 15 is 0 Å². The maximum Gasteiger partial charge on any atom is 0.261 e. The fraction of sp³-hybridized carbons (Fsp3) is 0.240. The van der Waals surface area contributed by atoms with E-state index in [0.717, 1.165) is 5.69 Å². The number of halogens is 2. The van der Waals surface area contributed by atoms with Crippen LogP contribution in [0.4, 0.5) is 20.2 Å². The molecule has 35 heavy (non-hydrogen) atoms. The number of hydrogen-bond acceptors (Lipinski definition) is 5. The summed E-state index contributed by atoms with van der Waals surface area (Å²) in [4.78, 5) is 16.4. The lowest BCUT2D eigenvalue weighted by Crippen LogP contribution is -2.50. The number of ether oxygens (including phenoxy) is 1. The van der Waals surface area contributed by atoms with Gasteiger partial charge in [0.25, 0.3) is 15.9 Å². The number of amides is 1. The van der Waals surface area contributed by atoms with Gasteiger partial charge in [0.2, 0.25) is 0 Å². The Balaban J connectivity index is 1.31. The second kappa shape index (κ2) is 10.3. The Hall–Kier alpha value is -3.66. The van der Waals surface area contributed by atoms with Gasteiger partial charge in [-0.15, -0.1) is 0 Å². The van der Waals surface area contributed by atoms with Crippen LogP contribution in [0.3, 0.4) is 0 Å². The smallest absolute Gasteiger partial charge is 0.261 e. The molecule has 0 bridgehead atoms. The van der Waals surface area contributed by atoms with Crippen LogP contribution in [0, 0.1) is 18.6 Å². The van der Waals surface area contributed by atoms with Gasteiger partial charge in [-0.05, 0) is 79.2 Å². The van der Waals surface area contributed by atoms with Crippen molar-refractivity contribution in [2.75, 3.05) is 42.4 Å². The number of sulfonamides is 1. The minimum absolute atomic E-state index is 0.0231. The van der Waals surface area contributed by atoms with Crippen LogP contribution in [0.1, 0.15) is 5.56 Å². The number of anilines is 2. The molecular weight excluding hydrogens is 476 g/mol. The Kier molecular flexibility index (Phi) is 7.20. The first-order valence-corrected chi connectivity index (χ1v) is 12.5. The average Bonchev–Trinajstić information content (AvgIpc) is 2.85. The average molecular weight is 502 g/mol. The van der Waals surface area contributed by atoms with Gasteiger partial charge in [-0.25, -0.2) is 17.2 Å². The number of hydrogen-bond donors (Lipinski definition) is 1. The van der Waals surface area contributed by atoms with Gasteiger partial charge in [0.1, 0.15) is 17.4 Å². The lowest BCUT2D eigenvalue weighted by Gasteiger charge is -2.36. The van der Waals surface area contributed by atoms with E-state index in [4.69, 9.17) is 4.74 Å². The zero-order valence-corrected chi connectivity index (χ0v) is 19.9. The number of carbonyl (C=O) groups is 1. The first-order valence-electron chi connectivity index (χ1n) is 11.0. The SMILES string of the molecule is Cc1cc(S(=O)(=O)Nc2ccc(F)cc2)ccc1OCC(=O)N1CCN(c2ccc(F)cc2)CC1. The monoisotopic (exact) mass is 501 g/mol. The van der Waals surface area contributed by atoms with Crippen LogP contribution < -0.4 is 14.4 Å². The highest BCUT2D eigenvalue weighted by Crippen LogP contribution is 2.24. The summed E-state index contributed by atoms with van der Waals surface area (Å²) < 4.78 is 59.5. The second-order valence-corrected chi connectivity index (χ2v) is 9.86. The largest absolute Gasteiger partial charge is 0.483 e. The molecule has 1 N–H and O–H groups in total. The molecule has 1 amide bonds. The van der Waals surface area contributed by atoms with Gasteiger partial charge in [0, 0.05) is 37.6 Å². The Morgan fingerprint density at radius 1 is 0.914 bits per heavy atom. The molecular formula is C25H25F2N3O4S. The van der Waals surface area contributed by atoms with Crippen molar-refractivity contribution in [2.24, 2.45) is 0 Å². The molecule has 0 unspecified atom stereocenters. The summed E-state index contributed by atoms with van der Waals surface area (Å²) in [6.07, 6.45) is 0. The van der Waals surface area contributed by atoms with E-state index < -0.39 is 15.8 Å². The number of nitrogens with zero attached hydrogens (tertiary/aromatic N) is 2. The van der Waals surface area contributed by atoms with Crippen molar-refractivity contribution in [3.63, 3.8) is 0 Å². The van der Waals surface area contributed by atoms with E-state index in [-0.39, 0.29) is 28.9 Å². The summed E-state index contributed by atoms with van der Waals surface area (Å²) >= 11 is 0. The molecule has 1 aliphatic rings. The lowest BCUT2D eigenvalue weighted by atomic mass is 10.2. The van der Waals surface area contributed by atoms with Crippen LogP contribution >= 0.6 is 0 Å². The van der Waals surface area contributed by atoms with E-state index in [1.54, 1.807) is 24.0 Å². The topological polar surface area (TPSA) is 78.9 Å². The third-order valence-electron chi connectivity index (χ3n) is 5.73. The Labute approximate surface area is 203 Å². The number of carbonyl (C=O) groups excluding carboxylic acids is 1. The summed E-state index contributed by atoms with van der Waals surface area (Å²) in [5, 5.41) is 0. The van der Waals surface area contributed by atoms with Crippen LogP contribution in [0.15, 0.2) is 71.6 Å². The number of nitrogens with one attached hydrogen (secondary N) is 1. The molecule has 0 radical (unpaired) electrons. The lowest BCUT2D eigenvalue weighted by molar-refractivity contribution is -0.133. The quantitative estimate of drug-likeness (QED) is 0.533. The molecule has 0 aromatic heterocycles. The molecule has 1 heterocycles. The van der Waals surface area contributed by atoms with Crippen molar-refractivity contribution in [2.45, 2.75) is 11.8 Å². The first-order chi connectivity index (χ1) is 16.7. The van der Waals surface area contributed by atoms with Crippen molar-refractivity contribution in [3.05, 3.63) is 83.9 Å². The van der Waals surface area contributed by atoms with Crippen molar-refractivity contribution in [1.29, 1.82) is 0 Å². The van der Waals surface area contributed by atoms with Crippen molar-refractivity contribution < 1.29 is 26.7 Å². The third-order valence-corrected chi connectivity index (χ3v) is 7.11. The van der Waals surface area contributed by atoms with E-state index in [0.29, 0.717) is 37.5 Å². The molecule has 4 rings (SSSR count). The normalized spacial score (nSPS) is 14.0. The van der Waals surface area contributed by atoms with Gasteiger partial charge >= 0.3 is 0 Å². The van der Waals surface area contributed by atoms with Gasteiger partial charge in [-0.2, -0.15) is 0 Å². The summed E-state index contributed by atoms with van der Waals surface area (Å²) in [6, 6.07) is 15.6. The van der Waals surface area contributed by atoms with Gasteiger partial charge in [-0.1, -0.05) is 0 Å². The predicted octanol–water partition coefficient (Wildman–Crippen LogP) is 3.80. The molecule has 0 spiro atoms. The molecule has 1 saturated heterocycles. The summed E-state index contributed by atoms with van der Waals surface area (Å²) in [7, 11) is -3.87. The molecule has 0 atom stereocenters. The van der Waals surface area contributed by atoms with Crippen molar-refractivity contribution >= 4 is 27.3 Å². The molecule has 0 aliphatic carbocycles. The fourth-order valence-corrected chi connectivity index (χ4v) is 4.92. The highest BCUT2D eigenvalue weighted by Gasteiger charge is 2.22. The molecule has 1 aliphatic heterocycles. The van der Waals surface area contributed by atoms with E-state index in [1.165, 1.54) is 54.6 Å². The van der Waals surface area contributed by atoms with Crippen molar-refractivity contribution in [3.8, 4) is 5.75 Å². The number of aryl methyl sites for hydroxylation is 1. The van der Waals surface area contributed by atoms with Gasteiger partial charge in [0.15, 0.2) is 6.61 Å². The fourth-order valence-electron chi connectivity index (χ4n) is 3.78. The van der Waals surface area contributed by atoms with Crippen molar-refractivity contribution in [1.82, 2.24) is 4.90 Å². The minimum Gasteiger partial charge on any atom is -0.483 e. The zero-order chi connectivity index (χ0) is 25.0. The van der Waals surface area contributed by atoms with Crippen LogP contribution in [0.25, 0.3) is 0 Å². The van der Waals surface area contributed by atoms with E-state index in [9.17, 15) is 22.0 Å². The summed E-state index contributed by atoms with van der Waals surface area (Å²) in [5.74, 6) is -0.513. The Morgan fingerprint density at radius 2 is 1.51 bits per heavy atom. The third kappa shape index (κ3) is 6.07. The van der Waals surface area contributed by atoms with Crippen LogP contribution in [0.2, 0.25) is 0 Å². The molecule has 10 heteroatoms. The van der Waals surface area contributed by atoms with Gasteiger partial charge in [0.05, 0.1) is 4.90 Å². The van der Waals surface area contributed by atoms with Crippen LogP contribution in [-0.2, 0) is 14.8 Å². The highest BCUT2D eigenvalue weighted by atomic mass is 32.2.